The molecule has 2 rings (SSSR count). The van der Waals surface area contributed by atoms with E-state index in [1.165, 1.54) is 31.5 Å². The summed E-state index contributed by atoms with van der Waals surface area (Å²) in [5.41, 5.74) is 0.675. The van der Waals surface area contributed by atoms with Gasteiger partial charge in [-0.15, -0.1) is 0 Å². The zero-order valence-electron chi connectivity index (χ0n) is 12.0. The van der Waals surface area contributed by atoms with Gasteiger partial charge in [-0.25, -0.2) is 9.78 Å². The summed E-state index contributed by atoms with van der Waals surface area (Å²) in [6.07, 6.45) is 1.37. The van der Waals surface area contributed by atoms with Crippen LogP contribution in [0.4, 0.5) is 5.69 Å². The highest BCUT2D eigenvalue weighted by molar-refractivity contribution is 6.32. The number of nitrogens with zero attached hydrogens (tertiary/aromatic N) is 1. The van der Waals surface area contributed by atoms with Crippen molar-refractivity contribution in [2.75, 3.05) is 19.0 Å². The Bertz CT molecular complexity index is 737. The van der Waals surface area contributed by atoms with Gasteiger partial charge in [-0.2, -0.15) is 0 Å². The minimum absolute atomic E-state index is 0.164. The van der Waals surface area contributed by atoms with Crippen LogP contribution in [0.3, 0.4) is 0 Å². The first-order valence-corrected chi connectivity index (χ1v) is 7.17. The van der Waals surface area contributed by atoms with Gasteiger partial charge in [0.1, 0.15) is 10.9 Å². The molecule has 0 saturated heterocycles. The summed E-state index contributed by atoms with van der Waals surface area (Å²) in [7, 11) is 1.49. The minimum atomic E-state index is -0.669. The Morgan fingerprint density at radius 1 is 1.22 bits per heavy atom. The molecule has 6 nitrogen and oxygen atoms in total. The SMILES string of the molecule is COc1ccc(NC(=O)COC(=O)c2ccnc(Cl)c2)cc1Cl. The molecule has 1 N–H and O–H groups in total. The molecular weight excluding hydrogens is 343 g/mol. The van der Waals surface area contributed by atoms with E-state index < -0.39 is 18.5 Å². The van der Waals surface area contributed by atoms with Gasteiger partial charge in [-0.05, 0) is 30.3 Å². The monoisotopic (exact) mass is 354 g/mol. The lowest BCUT2D eigenvalue weighted by atomic mass is 10.3. The molecule has 8 heteroatoms. The second-order valence-electron chi connectivity index (χ2n) is 4.34. The zero-order valence-corrected chi connectivity index (χ0v) is 13.5. The van der Waals surface area contributed by atoms with Crippen LogP contribution in [0.25, 0.3) is 0 Å². The summed E-state index contributed by atoms with van der Waals surface area (Å²) in [6.45, 7) is -0.442. The lowest BCUT2D eigenvalue weighted by Crippen LogP contribution is -2.21. The van der Waals surface area contributed by atoms with Crippen LogP contribution >= 0.6 is 23.2 Å². The van der Waals surface area contributed by atoms with Crippen molar-refractivity contribution >= 4 is 40.8 Å². The molecule has 0 aliphatic heterocycles. The number of methoxy groups -OCH3 is 1. The fourth-order valence-corrected chi connectivity index (χ4v) is 2.12. The van der Waals surface area contributed by atoms with Crippen molar-refractivity contribution in [2.24, 2.45) is 0 Å². The molecule has 0 saturated carbocycles. The topological polar surface area (TPSA) is 77.5 Å². The van der Waals surface area contributed by atoms with Gasteiger partial charge in [0.2, 0.25) is 0 Å². The van der Waals surface area contributed by atoms with Crippen molar-refractivity contribution in [2.45, 2.75) is 0 Å². The van der Waals surface area contributed by atoms with E-state index in [0.29, 0.717) is 16.5 Å². The molecule has 0 spiro atoms. The maximum atomic E-state index is 11.8. The lowest BCUT2D eigenvalue weighted by molar-refractivity contribution is -0.119. The van der Waals surface area contributed by atoms with Crippen molar-refractivity contribution in [3.05, 3.63) is 52.3 Å². The molecule has 0 aliphatic rings. The average molecular weight is 355 g/mol. The van der Waals surface area contributed by atoms with Crippen LogP contribution in [-0.2, 0) is 9.53 Å². The highest BCUT2D eigenvalue weighted by atomic mass is 35.5. The van der Waals surface area contributed by atoms with E-state index in [1.54, 1.807) is 12.1 Å². The number of rotatable bonds is 5. The summed E-state index contributed by atoms with van der Waals surface area (Å²) in [4.78, 5) is 27.3. The van der Waals surface area contributed by atoms with E-state index >= 15 is 0 Å². The van der Waals surface area contributed by atoms with Gasteiger partial charge in [0, 0.05) is 11.9 Å². The maximum absolute atomic E-state index is 11.8. The molecule has 0 atom stereocenters. The summed E-state index contributed by atoms with van der Waals surface area (Å²) in [5.74, 6) is -0.678. The normalized spacial score (nSPS) is 10.0. The Morgan fingerprint density at radius 2 is 2.00 bits per heavy atom. The molecule has 1 heterocycles. The number of ether oxygens (including phenoxy) is 2. The molecule has 1 aromatic carbocycles. The van der Waals surface area contributed by atoms with Crippen molar-refractivity contribution in [1.29, 1.82) is 0 Å². The summed E-state index contributed by atoms with van der Waals surface area (Å²) < 4.78 is 9.91. The number of amides is 1. The van der Waals surface area contributed by atoms with Gasteiger partial charge in [0.15, 0.2) is 6.61 Å². The van der Waals surface area contributed by atoms with E-state index in [-0.39, 0.29) is 10.7 Å². The number of aromatic nitrogens is 1. The molecule has 23 heavy (non-hydrogen) atoms. The number of benzene rings is 1. The number of hydrogen-bond acceptors (Lipinski definition) is 5. The molecular formula is C15H12Cl2N2O4. The third-order valence-electron chi connectivity index (χ3n) is 2.73. The van der Waals surface area contributed by atoms with Crippen LogP contribution in [0.1, 0.15) is 10.4 Å². The van der Waals surface area contributed by atoms with E-state index in [4.69, 9.17) is 32.7 Å². The minimum Gasteiger partial charge on any atom is -0.495 e. The van der Waals surface area contributed by atoms with Gasteiger partial charge in [0.25, 0.3) is 5.91 Å². The van der Waals surface area contributed by atoms with E-state index in [1.807, 2.05) is 0 Å². The molecule has 0 fully saturated rings. The number of esters is 1. The highest BCUT2D eigenvalue weighted by Crippen LogP contribution is 2.27. The number of anilines is 1. The molecule has 2 aromatic rings. The lowest BCUT2D eigenvalue weighted by Gasteiger charge is -2.08. The Balaban J connectivity index is 1.90. The summed E-state index contributed by atoms with van der Waals surface area (Å²) >= 11 is 11.6. The Labute approximate surface area is 142 Å². The molecule has 0 radical (unpaired) electrons. The number of halogens is 2. The molecule has 1 aromatic heterocycles. The molecule has 0 bridgehead atoms. The van der Waals surface area contributed by atoms with E-state index in [9.17, 15) is 9.59 Å². The molecule has 0 unspecified atom stereocenters. The van der Waals surface area contributed by atoms with Crippen molar-refractivity contribution in [1.82, 2.24) is 4.98 Å². The maximum Gasteiger partial charge on any atom is 0.338 e. The standard InChI is InChI=1S/C15H12Cl2N2O4/c1-22-12-3-2-10(7-11(12)16)19-14(20)8-23-15(21)9-4-5-18-13(17)6-9/h2-7H,8H2,1H3,(H,19,20). The van der Waals surface area contributed by atoms with Crippen molar-refractivity contribution in [3.63, 3.8) is 0 Å². The van der Waals surface area contributed by atoms with Crippen LogP contribution in [0, 0.1) is 0 Å². The fourth-order valence-electron chi connectivity index (χ4n) is 1.69. The van der Waals surface area contributed by atoms with Crippen molar-refractivity contribution in [3.8, 4) is 5.75 Å². The zero-order chi connectivity index (χ0) is 16.8. The largest absolute Gasteiger partial charge is 0.495 e. The van der Waals surface area contributed by atoms with Gasteiger partial charge in [-0.3, -0.25) is 4.79 Å². The van der Waals surface area contributed by atoms with Gasteiger partial charge in [0.05, 0.1) is 17.7 Å². The first-order valence-electron chi connectivity index (χ1n) is 6.41. The predicted octanol–water partition coefficient (Wildman–Crippen LogP) is 3.19. The number of nitrogens with one attached hydrogen (secondary N) is 1. The second-order valence-corrected chi connectivity index (χ2v) is 5.14. The molecule has 1 amide bonds. The van der Waals surface area contributed by atoms with Crippen LogP contribution in [0.2, 0.25) is 10.2 Å². The first kappa shape index (κ1) is 17.1. The van der Waals surface area contributed by atoms with Crippen LogP contribution in [-0.4, -0.2) is 30.6 Å². The van der Waals surface area contributed by atoms with Crippen LogP contribution in [0.15, 0.2) is 36.5 Å². The Kier molecular flexibility index (Phi) is 5.78. The van der Waals surface area contributed by atoms with Crippen molar-refractivity contribution < 1.29 is 19.1 Å². The second kappa shape index (κ2) is 7.80. The highest BCUT2D eigenvalue weighted by Gasteiger charge is 2.11. The van der Waals surface area contributed by atoms with Gasteiger partial charge >= 0.3 is 5.97 Å². The fraction of sp³-hybridized carbons (Fsp3) is 0.133. The number of carbonyl (C=O) groups is 2. The third-order valence-corrected chi connectivity index (χ3v) is 3.23. The number of hydrogen-bond donors (Lipinski definition) is 1. The Hall–Kier alpha value is -2.31. The number of carbonyl (C=O) groups excluding carboxylic acids is 2. The van der Waals surface area contributed by atoms with Crippen LogP contribution < -0.4 is 10.1 Å². The van der Waals surface area contributed by atoms with Gasteiger partial charge in [-0.1, -0.05) is 23.2 Å². The molecule has 0 aliphatic carbocycles. The summed E-state index contributed by atoms with van der Waals surface area (Å²) in [5, 5.41) is 3.08. The van der Waals surface area contributed by atoms with Gasteiger partial charge < -0.3 is 14.8 Å². The van der Waals surface area contributed by atoms with E-state index in [2.05, 4.69) is 10.3 Å². The Morgan fingerprint density at radius 3 is 2.65 bits per heavy atom. The first-order chi connectivity index (χ1) is 11.0. The smallest absolute Gasteiger partial charge is 0.338 e. The quantitative estimate of drug-likeness (QED) is 0.658. The van der Waals surface area contributed by atoms with Crippen LogP contribution in [0.5, 0.6) is 5.75 Å². The molecule has 120 valence electrons. The summed E-state index contributed by atoms with van der Waals surface area (Å²) in [6, 6.07) is 7.55. The average Bonchev–Trinajstić information content (AvgIpc) is 2.53. The number of pyridine rings is 1. The third kappa shape index (κ3) is 4.84. The predicted molar refractivity (Wildman–Crippen MR) is 86.2 cm³/mol. The van der Waals surface area contributed by atoms with E-state index in [0.717, 1.165) is 0 Å².